The minimum absolute atomic E-state index is 0.105. The highest BCUT2D eigenvalue weighted by Crippen LogP contribution is 2.37. The Morgan fingerprint density at radius 3 is 2.72 bits per heavy atom. The lowest BCUT2D eigenvalue weighted by atomic mass is 9.78. The van der Waals surface area contributed by atoms with Crippen molar-refractivity contribution in [3.8, 4) is 0 Å². The number of carbonyl (C=O) groups excluding carboxylic acids is 2. The predicted octanol–water partition coefficient (Wildman–Crippen LogP) is 2.09. The first kappa shape index (κ1) is 23.5. The van der Waals surface area contributed by atoms with Gasteiger partial charge in [-0.2, -0.15) is 4.31 Å². The van der Waals surface area contributed by atoms with Crippen molar-refractivity contribution in [2.24, 2.45) is 11.8 Å². The van der Waals surface area contributed by atoms with Crippen LogP contribution in [0.25, 0.3) is 0 Å². The first-order valence-corrected chi connectivity index (χ1v) is 13.6. The lowest BCUT2D eigenvalue weighted by molar-refractivity contribution is -0.124. The molecule has 0 spiro atoms. The molecular formula is C22H31N3O5S2. The Labute approximate surface area is 194 Å². The normalized spacial score (nSPS) is 27.1. The third kappa shape index (κ3) is 4.83. The fraction of sp³-hybridized carbons (Fsp3) is 0.636. The van der Waals surface area contributed by atoms with Gasteiger partial charge in [-0.3, -0.25) is 9.59 Å². The number of hydrogen-bond acceptors (Lipinski definition) is 6. The zero-order valence-electron chi connectivity index (χ0n) is 18.6. The third-order valence-electron chi connectivity index (χ3n) is 6.84. The van der Waals surface area contributed by atoms with E-state index in [0.29, 0.717) is 43.8 Å². The van der Waals surface area contributed by atoms with Gasteiger partial charge in [-0.25, -0.2) is 8.42 Å². The molecular weight excluding hydrogens is 450 g/mol. The lowest BCUT2D eigenvalue weighted by Gasteiger charge is -2.35. The molecule has 0 unspecified atom stereocenters. The summed E-state index contributed by atoms with van der Waals surface area (Å²) in [6.45, 7) is 5.60. The number of benzene rings is 1. The Bertz CT molecular complexity index is 978. The number of anilines is 1. The van der Waals surface area contributed by atoms with E-state index in [-0.39, 0.29) is 35.0 Å². The van der Waals surface area contributed by atoms with Gasteiger partial charge in [0.15, 0.2) is 0 Å². The highest BCUT2D eigenvalue weighted by molar-refractivity contribution is 8.00. The molecule has 1 saturated carbocycles. The van der Waals surface area contributed by atoms with E-state index in [2.05, 4.69) is 19.2 Å². The van der Waals surface area contributed by atoms with Crippen LogP contribution in [-0.4, -0.2) is 69.2 Å². The van der Waals surface area contributed by atoms with Crippen LogP contribution in [0.4, 0.5) is 5.69 Å². The summed E-state index contributed by atoms with van der Waals surface area (Å²) in [5, 5.41) is 3.11. The summed E-state index contributed by atoms with van der Waals surface area (Å²) >= 11 is 1.37. The predicted molar refractivity (Wildman–Crippen MR) is 123 cm³/mol. The summed E-state index contributed by atoms with van der Waals surface area (Å²) in [7, 11) is -3.70. The molecule has 2 fully saturated rings. The van der Waals surface area contributed by atoms with Gasteiger partial charge in [-0.05, 0) is 36.5 Å². The number of morpholine rings is 1. The topological polar surface area (TPSA) is 96.0 Å². The zero-order valence-corrected chi connectivity index (χ0v) is 20.2. The summed E-state index contributed by atoms with van der Waals surface area (Å²) in [6, 6.07) is 4.95. The second-order valence-corrected chi connectivity index (χ2v) is 11.8. The van der Waals surface area contributed by atoms with E-state index >= 15 is 0 Å². The number of carbonyl (C=O) groups is 2. The smallest absolute Gasteiger partial charge is 0.243 e. The summed E-state index contributed by atoms with van der Waals surface area (Å²) in [5.41, 5.74) is 0.487. The molecule has 0 bridgehead atoms. The van der Waals surface area contributed by atoms with E-state index < -0.39 is 10.0 Å². The fourth-order valence-electron chi connectivity index (χ4n) is 4.63. The van der Waals surface area contributed by atoms with Gasteiger partial charge in [0.1, 0.15) is 6.54 Å². The largest absolute Gasteiger partial charge is 0.379 e. The van der Waals surface area contributed by atoms with Crippen LogP contribution < -0.4 is 10.2 Å². The molecule has 3 aliphatic rings. The Hall–Kier alpha value is -1.62. The van der Waals surface area contributed by atoms with E-state index in [9.17, 15) is 18.0 Å². The maximum atomic E-state index is 13.1. The van der Waals surface area contributed by atoms with E-state index in [1.165, 1.54) is 33.5 Å². The quantitative estimate of drug-likeness (QED) is 0.692. The number of nitrogens with one attached hydrogen (secondary N) is 1. The second kappa shape index (κ2) is 9.70. The lowest BCUT2D eigenvalue weighted by Crippen LogP contribution is -2.49. The summed E-state index contributed by atoms with van der Waals surface area (Å²) in [4.78, 5) is 27.9. The summed E-state index contributed by atoms with van der Waals surface area (Å²) in [5.74, 6) is 0.771. The van der Waals surface area contributed by atoms with Crippen molar-refractivity contribution in [3.05, 3.63) is 18.2 Å². The molecule has 2 amide bonds. The summed E-state index contributed by atoms with van der Waals surface area (Å²) < 4.78 is 32.9. The first-order valence-electron chi connectivity index (χ1n) is 11.2. The van der Waals surface area contributed by atoms with Gasteiger partial charge in [-0.1, -0.05) is 26.7 Å². The number of hydrogen-bond donors (Lipinski definition) is 1. The molecule has 1 aliphatic carbocycles. The Morgan fingerprint density at radius 1 is 1.22 bits per heavy atom. The third-order valence-corrected chi connectivity index (χ3v) is 9.78. The summed E-state index contributed by atoms with van der Waals surface area (Å²) in [6.07, 6.45) is 3.20. The number of rotatable bonds is 5. The standard InChI is InChI=1S/C22H31N3O5S2/c1-15-4-3-5-18(16(15)2)23-21(26)13-25-19-12-17(6-7-20(19)31-14-22(25)27)32(28,29)24-8-10-30-11-9-24/h6-7,12,15-16,18H,3-5,8-11,13-14H2,1-2H3,(H,23,26)/t15-,16+,18-/m1/s1. The minimum atomic E-state index is -3.70. The number of fused-ring (bicyclic) bond motifs is 1. The molecule has 1 aromatic carbocycles. The molecule has 3 atom stereocenters. The average Bonchev–Trinajstić information content (AvgIpc) is 2.79. The van der Waals surface area contributed by atoms with Crippen LogP contribution >= 0.6 is 11.8 Å². The number of ether oxygens (including phenoxy) is 1. The van der Waals surface area contributed by atoms with Crippen LogP contribution in [0.15, 0.2) is 28.0 Å². The van der Waals surface area contributed by atoms with Crippen molar-refractivity contribution in [2.45, 2.75) is 48.9 Å². The number of nitrogens with zero attached hydrogens (tertiary/aromatic N) is 2. The van der Waals surface area contributed by atoms with Gasteiger partial charge in [-0.15, -0.1) is 11.8 Å². The van der Waals surface area contributed by atoms with Gasteiger partial charge in [0.05, 0.1) is 29.5 Å². The number of sulfonamides is 1. The monoisotopic (exact) mass is 481 g/mol. The van der Waals surface area contributed by atoms with Gasteiger partial charge >= 0.3 is 0 Å². The van der Waals surface area contributed by atoms with E-state index in [1.54, 1.807) is 12.1 Å². The van der Waals surface area contributed by atoms with Crippen LogP contribution in [0.5, 0.6) is 0 Å². The van der Waals surface area contributed by atoms with Crippen molar-refractivity contribution in [1.29, 1.82) is 0 Å². The molecule has 1 saturated heterocycles. The fourth-order valence-corrected chi connectivity index (χ4v) is 6.98. The maximum absolute atomic E-state index is 13.1. The average molecular weight is 482 g/mol. The molecule has 2 aliphatic heterocycles. The van der Waals surface area contributed by atoms with Gasteiger partial charge in [0, 0.05) is 24.0 Å². The minimum Gasteiger partial charge on any atom is -0.379 e. The molecule has 0 radical (unpaired) electrons. The van der Waals surface area contributed by atoms with Crippen LogP contribution in [0.3, 0.4) is 0 Å². The van der Waals surface area contributed by atoms with E-state index in [4.69, 9.17) is 4.74 Å². The molecule has 176 valence electrons. The molecule has 1 N–H and O–H groups in total. The van der Waals surface area contributed by atoms with E-state index in [1.807, 2.05) is 0 Å². The molecule has 32 heavy (non-hydrogen) atoms. The number of thioether (sulfide) groups is 1. The van der Waals surface area contributed by atoms with E-state index in [0.717, 1.165) is 17.7 Å². The van der Waals surface area contributed by atoms with Crippen LogP contribution in [0, 0.1) is 11.8 Å². The first-order chi connectivity index (χ1) is 15.3. The van der Waals surface area contributed by atoms with Gasteiger partial charge in [0.2, 0.25) is 21.8 Å². The second-order valence-electron chi connectivity index (χ2n) is 8.86. The van der Waals surface area contributed by atoms with Crippen molar-refractivity contribution in [2.75, 3.05) is 43.5 Å². The van der Waals surface area contributed by atoms with Crippen molar-refractivity contribution in [3.63, 3.8) is 0 Å². The van der Waals surface area contributed by atoms with Gasteiger partial charge < -0.3 is 15.0 Å². The Kier molecular flexibility index (Phi) is 7.14. The molecule has 2 heterocycles. The molecule has 1 aromatic rings. The van der Waals surface area contributed by atoms with Crippen LogP contribution in [0.1, 0.15) is 33.1 Å². The SMILES string of the molecule is C[C@H]1[C@H](C)CCC[C@H]1NC(=O)CN1C(=O)CSc2ccc(S(=O)(=O)N3CCOCC3)cc21. The zero-order chi connectivity index (χ0) is 22.9. The Balaban J connectivity index is 1.54. The molecule has 0 aromatic heterocycles. The highest BCUT2D eigenvalue weighted by Gasteiger charge is 2.33. The van der Waals surface area contributed by atoms with Crippen molar-refractivity contribution in [1.82, 2.24) is 9.62 Å². The maximum Gasteiger partial charge on any atom is 0.243 e. The molecule has 8 nitrogen and oxygen atoms in total. The van der Waals surface area contributed by atoms with Gasteiger partial charge in [0.25, 0.3) is 0 Å². The Morgan fingerprint density at radius 2 is 1.97 bits per heavy atom. The van der Waals surface area contributed by atoms with Crippen molar-refractivity contribution < 1.29 is 22.7 Å². The number of amides is 2. The molecule has 10 heteroatoms. The molecule has 4 rings (SSSR count). The van der Waals surface area contributed by atoms with Crippen molar-refractivity contribution >= 4 is 39.3 Å². The van der Waals surface area contributed by atoms with Crippen LogP contribution in [-0.2, 0) is 24.3 Å². The highest BCUT2D eigenvalue weighted by atomic mass is 32.2. The van der Waals surface area contributed by atoms with Crippen LogP contribution in [0.2, 0.25) is 0 Å².